The number of ether oxygens (including phenoxy) is 1. The summed E-state index contributed by atoms with van der Waals surface area (Å²) in [5.74, 6) is -0.516. The fourth-order valence-electron chi connectivity index (χ4n) is 3.08. The first-order chi connectivity index (χ1) is 12.4. The normalized spacial score (nSPS) is 12.1. The van der Waals surface area contributed by atoms with Gasteiger partial charge in [-0.05, 0) is 29.7 Å². The molecule has 1 heterocycles. The van der Waals surface area contributed by atoms with E-state index in [0.717, 1.165) is 16.5 Å². The Bertz CT molecular complexity index is 1020. The number of nitrogens with zero attached hydrogens (tertiary/aromatic N) is 1. The van der Waals surface area contributed by atoms with Gasteiger partial charge in [0.2, 0.25) is 0 Å². The van der Waals surface area contributed by atoms with E-state index in [9.17, 15) is 9.59 Å². The molecule has 0 aliphatic heterocycles. The SMILES string of the molecule is COc1c(-c2ccc(C[C@H](N)C(=O)O)cc2)c(=O)n(C)c2ccccc12. The van der Waals surface area contributed by atoms with E-state index >= 15 is 0 Å². The number of rotatable bonds is 5. The Labute approximate surface area is 150 Å². The van der Waals surface area contributed by atoms with Gasteiger partial charge < -0.3 is 20.1 Å². The minimum absolute atomic E-state index is 0.157. The Kier molecular flexibility index (Phi) is 4.77. The van der Waals surface area contributed by atoms with E-state index in [1.807, 2.05) is 24.3 Å². The second-order valence-corrected chi connectivity index (χ2v) is 6.14. The Hall–Kier alpha value is -3.12. The summed E-state index contributed by atoms with van der Waals surface area (Å²) >= 11 is 0. The number of methoxy groups -OCH3 is 1. The zero-order valence-electron chi connectivity index (χ0n) is 14.6. The van der Waals surface area contributed by atoms with Crippen molar-refractivity contribution in [3.63, 3.8) is 0 Å². The standard InChI is InChI=1S/C20H20N2O4/c1-22-16-6-4-3-5-14(16)18(26-2)17(19(22)23)13-9-7-12(8-10-13)11-15(21)20(24)25/h3-10,15H,11,21H2,1-2H3,(H,24,25)/t15-/m0/s1. The molecule has 0 spiro atoms. The maximum atomic E-state index is 12.9. The molecular weight excluding hydrogens is 332 g/mol. The van der Waals surface area contributed by atoms with Crippen LogP contribution in [0.1, 0.15) is 5.56 Å². The molecule has 3 N–H and O–H groups in total. The summed E-state index contributed by atoms with van der Waals surface area (Å²) < 4.78 is 7.16. The molecule has 6 nitrogen and oxygen atoms in total. The molecule has 134 valence electrons. The number of hydrogen-bond donors (Lipinski definition) is 2. The topological polar surface area (TPSA) is 94.6 Å². The third-order valence-corrected chi connectivity index (χ3v) is 4.48. The van der Waals surface area contributed by atoms with Crippen LogP contribution >= 0.6 is 0 Å². The molecule has 6 heteroatoms. The van der Waals surface area contributed by atoms with Gasteiger partial charge in [-0.2, -0.15) is 0 Å². The van der Waals surface area contributed by atoms with Gasteiger partial charge in [0.1, 0.15) is 11.8 Å². The van der Waals surface area contributed by atoms with Crippen molar-refractivity contribution in [2.45, 2.75) is 12.5 Å². The molecule has 3 aromatic rings. The molecule has 3 rings (SSSR count). The van der Waals surface area contributed by atoms with E-state index in [-0.39, 0.29) is 12.0 Å². The predicted molar refractivity (Wildman–Crippen MR) is 100 cm³/mol. The van der Waals surface area contributed by atoms with Crippen molar-refractivity contribution in [1.82, 2.24) is 4.57 Å². The van der Waals surface area contributed by atoms with Crippen LogP contribution in [0.15, 0.2) is 53.3 Å². The number of pyridine rings is 1. The third-order valence-electron chi connectivity index (χ3n) is 4.48. The van der Waals surface area contributed by atoms with Crippen LogP contribution in [0.4, 0.5) is 0 Å². The highest BCUT2D eigenvalue weighted by Gasteiger charge is 2.18. The Balaban J connectivity index is 2.12. The number of aliphatic carboxylic acids is 1. The molecule has 0 amide bonds. The summed E-state index contributed by atoms with van der Waals surface area (Å²) in [6.45, 7) is 0. The average molecular weight is 352 g/mol. The van der Waals surface area contributed by atoms with E-state index in [0.29, 0.717) is 16.9 Å². The van der Waals surface area contributed by atoms with E-state index in [4.69, 9.17) is 15.6 Å². The van der Waals surface area contributed by atoms with Crippen LogP contribution in [0.5, 0.6) is 5.75 Å². The Morgan fingerprint density at radius 3 is 2.46 bits per heavy atom. The first-order valence-corrected chi connectivity index (χ1v) is 8.17. The van der Waals surface area contributed by atoms with Crippen LogP contribution in [0, 0.1) is 0 Å². The largest absolute Gasteiger partial charge is 0.495 e. The fourth-order valence-corrected chi connectivity index (χ4v) is 3.08. The number of aromatic nitrogens is 1. The van der Waals surface area contributed by atoms with Crippen molar-refractivity contribution in [2.24, 2.45) is 12.8 Å². The lowest BCUT2D eigenvalue weighted by Gasteiger charge is -2.15. The van der Waals surface area contributed by atoms with Crippen molar-refractivity contribution in [3.8, 4) is 16.9 Å². The second kappa shape index (κ2) is 7.01. The van der Waals surface area contributed by atoms with Crippen molar-refractivity contribution in [1.29, 1.82) is 0 Å². The minimum atomic E-state index is -1.04. The number of fused-ring (bicyclic) bond motifs is 1. The quantitative estimate of drug-likeness (QED) is 0.734. The fraction of sp³-hybridized carbons (Fsp3) is 0.200. The first kappa shape index (κ1) is 17.7. The van der Waals surface area contributed by atoms with Gasteiger partial charge in [0.15, 0.2) is 0 Å². The minimum Gasteiger partial charge on any atom is -0.495 e. The van der Waals surface area contributed by atoms with Crippen molar-refractivity contribution < 1.29 is 14.6 Å². The van der Waals surface area contributed by atoms with Crippen LogP contribution in [0.2, 0.25) is 0 Å². The van der Waals surface area contributed by atoms with Crippen LogP contribution in [-0.4, -0.2) is 28.8 Å². The molecule has 0 fully saturated rings. The zero-order chi connectivity index (χ0) is 18.8. The molecule has 0 bridgehead atoms. The number of benzene rings is 2. The number of aryl methyl sites for hydroxylation is 1. The van der Waals surface area contributed by atoms with Crippen LogP contribution in [-0.2, 0) is 18.3 Å². The molecule has 0 saturated heterocycles. The van der Waals surface area contributed by atoms with Gasteiger partial charge in [0.25, 0.3) is 5.56 Å². The van der Waals surface area contributed by atoms with E-state index in [1.165, 1.54) is 0 Å². The number of carbonyl (C=O) groups is 1. The molecule has 2 aromatic carbocycles. The number of nitrogens with two attached hydrogens (primary N) is 1. The summed E-state index contributed by atoms with van der Waals surface area (Å²) in [5.41, 5.74) is 8.19. The van der Waals surface area contributed by atoms with Crippen LogP contribution < -0.4 is 16.0 Å². The van der Waals surface area contributed by atoms with Crippen molar-refractivity contribution in [2.75, 3.05) is 7.11 Å². The molecule has 1 aromatic heterocycles. The second-order valence-electron chi connectivity index (χ2n) is 6.14. The highest BCUT2D eigenvalue weighted by Crippen LogP contribution is 2.33. The van der Waals surface area contributed by atoms with Crippen molar-refractivity contribution in [3.05, 3.63) is 64.4 Å². The van der Waals surface area contributed by atoms with Gasteiger partial charge in [0.05, 0.1) is 18.2 Å². The Morgan fingerprint density at radius 1 is 1.19 bits per heavy atom. The van der Waals surface area contributed by atoms with E-state index in [2.05, 4.69) is 0 Å². The molecule has 0 saturated carbocycles. The molecular formula is C20H20N2O4. The lowest BCUT2D eigenvalue weighted by molar-refractivity contribution is -0.138. The number of para-hydroxylation sites is 1. The molecule has 26 heavy (non-hydrogen) atoms. The molecule has 0 aliphatic carbocycles. The monoisotopic (exact) mass is 352 g/mol. The van der Waals surface area contributed by atoms with Crippen LogP contribution in [0.3, 0.4) is 0 Å². The van der Waals surface area contributed by atoms with E-state index in [1.54, 1.807) is 43.0 Å². The smallest absolute Gasteiger partial charge is 0.320 e. The number of hydrogen-bond acceptors (Lipinski definition) is 4. The summed E-state index contributed by atoms with van der Waals surface area (Å²) in [5, 5.41) is 9.78. The molecule has 0 unspecified atom stereocenters. The molecule has 0 aliphatic rings. The molecule has 0 radical (unpaired) electrons. The Morgan fingerprint density at radius 2 is 1.85 bits per heavy atom. The third kappa shape index (κ3) is 3.07. The summed E-state index contributed by atoms with van der Waals surface area (Å²) in [4.78, 5) is 23.8. The van der Waals surface area contributed by atoms with Gasteiger partial charge in [-0.25, -0.2) is 0 Å². The van der Waals surface area contributed by atoms with Crippen molar-refractivity contribution >= 4 is 16.9 Å². The number of carboxylic acid groups (broad SMARTS) is 1. The maximum absolute atomic E-state index is 12.9. The highest BCUT2D eigenvalue weighted by molar-refractivity contribution is 5.92. The summed E-state index contributed by atoms with van der Waals surface area (Å²) in [6, 6.07) is 13.8. The molecule has 1 atom stereocenters. The number of carboxylic acids is 1. The predicted octanol–water partition coefficient (Wildman–Crippen LogP) is 2.17. The van der Waals surface area contributed by atoms with Gasteiger partial charge in [0, 0.05) is 12.4 Å². The van der Waals surface area contributed by atoms with Gasteiger partial charge in [-0.1, -0.05) is 36.4 Å². The van der Waals surface area contributed by atoms with Crippen LogP contribution in [0.25, 0.3) is 22.0 Å². The maximum Gasteiger partial charge on any atom is 0.320 e. The highest BCUT2D eigenvalue weighted by atomic mass is 16.5. The summed E-state index contributed by atoms with van der Waals surface area (Å²) in [6.07, 6.45) is 0.225. The lowest BCUT2D eigenvalue weighted by atomic mass is 9.99. The van der Waals surface area contributed by atoms with E-state index < -0.39 is 12.0 Å². The average Bonchev–Trinajstić information content (AvgIpc) is 2.65. The van der Waals surface area contributed by atoms with Gasteiger partial charge >= 0.3 is 5.97 Å². The summed E-state index contributed by atoms with van der Waals surface area (Å²) in [7, 11) is 3.28. The lowest BCUT2D eigenvalue weighted by Crippen LogP contribution is -2.32. The zero-order valence-corrected chi connectivity index (χ0v) is 14.6. The van der Waals surface area contributed by atoms with Gasteiger partial charge in [-0.3, -0.25) is 9.59 Å². The first-order valence-electron chi connectivity index (χ1n) is 8.17. The van der Waals surface area contributed by atoms with Gasteiger partial charge in [-0.15, -0.1) is 0 Å².